The Morgan fingerprint density at radius 1 is 1.42 bits per heavy atom. The minimum absolute atomic E-state index is 0.232. The number of rotatable bonds is 3. The fourth-order valence-corrected chi connectivity index (χ4v) is 2.55. The largest absolute Gasteiger partial charge is 0.397 e. The molecule has 4 N–H and O–H groups in total. The van der Waals surface area contributed by atoms with Crippen LogP contribution in [0.15, 0.2) is 18.2 Å². The van der Waals surface area contributed by atoms with E-state index < -0.39 is 0 Å². The van der Waals surface area contributed by atoms with Crippen LogP contribution in [0.5, 0.6) is 0 Å². The van der Waals surface area contributed by atoms with Crippen LogP contribution in [0.2, 0.25) is 0 Å². The van der Waals surface area contributed by atoms with Crippen molar-refractivity contribution < 1.29 is 4.79 Å². The minimum Gasteiger partial charge on any atom is -0.397 e. The number of primary amides is 1. The standard InChI is InChI=1S/C14H18N4O/c15-9-11-1-2-12(16)13(7-11)18-5-3-10(4-6-18)8-14(17)19/h1-2,7,10H,3-6,8,16H2,(H2,17,19). The highest BCUT2D eigenvalue weighted by molar-refractivity contribution is 5.74. The molecular formula is C14H18N4O. The van der Waals surface area contributed by atoms with Gasteiger partial charge >= 0.3 is 0 Å². The third kappa shape index (κ3) is 3.16. The van der Waals surface area contributed by atoms with Gasteiger partial charge in [-0.1, -0.05) is 0 Å². The van der Waals surface area contributed by atoms with E-state index in [2.05, 4.69) is 11.0 Å². The summed E-state index contributed by atoms with van der Waals surface area (Å²) in [4.78, 5) is 13.1. The number of benzene rings is 1. The first kappa shape index (κ1) is 13.2. The Morgan fingerprint density at radius 3 is 2.68 bits per heavy atom. The number of nitrogen functional groups attached to an aromatic ring is 1. The van der Waals surface area contributed by atoms with Crippen molar-refractivity contribution in [1.29, 1.82) is 5.26 Å². The second kappa shape index (κ2) is 5.61. The van der Waals surface area contributed by atoms with Crippen molar-refractivity contribution in [3.05, 3.63) is 23.8 Å². The highest BCUT2D eigenvalue weighted by Gasteiger charge is 2.22. The van der Waals surface area contributed by atoms with Gasteiger partial charge in [0.2, 0.25) is 5.91 Å². The summed E-state index contributed by atoms with van der Waals surface area (Å²) in [5, 5.41) is 8.93. The second-order valence-electron chi connectivity index (χ2n) is 4.99. The van der Waals surface area contributed by atoms with Crippen molar-refractivity contribution in [2.75, 3.05) is 23.7 Å². The molecule has 5 nitrogen and oxygen atoms in total. The summed E-state index contributed by atoms with van der Waals surface area (Å²) in [6.07, 6.45) is 2.32. The fraction of sp³-hybridized carbons (Fsp3) is 0.429. The molecule has 0 aromatic heterocycles. The average Bonchev–Trinajstić information content (AvgIpc) is 2.40. The molecular weight excluding hydrogens is 240 g/mol. The summed E-state index contributed by atoms with van der Waals surface area (Å²) in [5.74, 6) is 0.138. The molecule has 1 aromatic carbocycles. The zero-order chi connectivity index (χ0) is 13.8. The Balaban J connectivity index is 2.05. The molecule has 0 unspecified atom stereocenters. The molecule has 1 amide bonds. The number of hydrogen-bond donors (Lipinski definition) is 2. The van der Waals surface area contributed by atoms with Gasteiger partial charge in [0.1, 0.15) is 0 Å². The van der Waals surface area contributed by atoms with Gasteiger partial charge in [-0.3, -0.25) is 4.79 Å². The van der Waals surface area contributed by atoms with Crippen molar-refractivity contribution in [3.63, 3.8) is 0 Å². The molecule has 1 heterocycles. The van der Waals surface area contributed by atoms with E-state index in [1.54, 1.807) is 12.1 Å². The van der Waals surface area contributed by atoms with E-state index in [0.29, 0.717) is 23.6 Å². The molecule has 2 rings (SSSR count). The zero-order valence-electron chi connectivity index (χ0n) is 10.8. The third-order valence-corrected chi connectivity index (χ3v) is 3.60. The van der Waals surface area contributed by atoms with Gasteiger partial charge in [-0.2, -0.15) is 5.26 Å². The third-order valence-electron chi connectivity index (χ3n) is 3.60. The molecule has 1 aromatic rings. The molecule has 100 valence electrons. The summed E-state index contributed by atoms with van der Waals surface area (Å²) in [7, 11) is 0. The molecule has 0 saturated carbocycles. The monoisotopic (exact) mass is 258 g/mol. The average molecular weight is 258 g/mol. The number of carbonyl (C=O) groups excluding carboxylic acids is 1. The summed E-state index contributed by atoms with van der Waals surface area (Å²) in [5.41, 5.74) is 13.4. The van der Waals surface area contributed by atoms with Crippen molar-refractivity contribution >= 4 is 17.3 Å². The predicted octanol–water partition coefficient (Wildman–Crippen LogP) is 1.23. The molecule has 0 atom stereocenters. The molecule has 1 fully saturated rings. The number of anilines is 2. The highest BCUT2D eigenvalue weighted by atomic mass is 16.1. The van der Waals surface area contributed by atoms with Crippen LogP contribution in [0, 0.1) is 17.2 Å². The normalized spacial score (nSPS) is 16.1. The SMILES string of the molecule is N#Cc1ccc(N)c(N2CCC(CC(N)=O)CC2)c1. The van der Waals surface area contributed by atoms with Gasteiger partial charge < -0.3 is 16.4 Å². The summed E-state index contributed by atoms with van der Waals surface area (Å²) < 4.78 is 0. The van der Waals surface area contributed by atoms with Gasteiger partial charge in [0.15, 0.2) is 0 Å². The Bertz CT molecular complexity index is 513. The maximum Gasteiger partial charge on any atom is 0.217 e. The molecule has 0 radical (unpaired) electrons. The van der Waals surface area contributed by atoms with Gasteiger partial charge in [0, 0.05) is 19.5 Å². The number of amides is 1. The smallest absolute Gasteiger partial charge is 0.217 e. The van der Waals surface area contributed by atoms with Crippen LogP contribution in [-0.4, -0.2) is 19.0 Å². The van der Waals surface area contributed by atoms with E-state index in [9.17, 15) is 4.79 Å². The lowest BCUT2D eigenvalue weighted by Gasteiger charge is -2.34. The first-order chi connectivity index (χ1) is 9.10. The van der Waals surface area contributed by atoms with Crippen molar-refractivity contribution in [3.8, 4) is 6.07 Å². The zero-order valence-corrected chi connectivity index (χ0v) is 10.8. The molecule has 1 aliphatic heterocycles. The summed E-state index contributed by atoms with van der Waals surface area (Å²) in [6, 6.07) is 7.44. The molecule has 5 heteroatoms. The van der Waals surface area contributed by atoms with Gasteiger partial charge in [-0.15, -0.1) is 0 Å². The van der Waals surface area contributed by atoms with E-state index in [0.717, 1.165) is 31.6 Å². The van der Waals surface area contributed by atoms with Crippen molar-refractivity contribution in [1.82, 2.24) is 0 Å². The van der Waals surface area contributed by atoms with Gasteiger partial charge in [0.05, 0.1) is 23.0 Å². The molecule has 1 saturated heterocycles. The van der Waals surface area contributed by atoms with Gasteiger partial charge in [-0.25, -0.2) is 0 Å². The quantitative estimate of drug-likeness (QED) is 0.797. The van der Waals surface area contributed by atoms with E-state index in [1.807, 2.05) is 6.07 Å². The first-order valence-corrected chi connectivity index (χ1v) is 6.43. The van der Waals surface area contributed by atoms with Crippen LogP contribution < -0.4 is 16.4 Å². The van der Waals surface area contributed by atoms with E-state index >= 15 is 0 Å². The minimum atomic E-state index is -0.232. The Hall–Kier alpha value is -2.22. The highest BCUT2D eigenvalue weighted by Crippen LogP contribution is 2.29. The van der Waals surface area contributed by atoms with Gasteiger partial charge in [0.25, 0.3) is 0 Å². The molecule has 19 heavy (non-hydrogen) atoms. The number of nitriles is 1. The van der Waals surface area contributed by atoms with Crippen molar-refractivity contribution in [2.45, 2.75) is 19.3 Å². The van der Waals surface area contributed by atoms with Gasteiger partial charge in [-0.05, 0) is 37.0 Å². The van der Waals surface area contributed by atoms with E-state index in [-0.39, 0.29) is 5.91 Å². The van der Waals surface area contributed by atoms with Crippen LogP contribution in [0.1, 0.15) is 24.8 Å². The van der Waals surface area contributed by atoms with Crippen LogP contribution in [-0.2, 0) is 4.79 Å². The maximum atomic E-state index is 10.9. The topological polar surface area (TPSA) is 96.1 Å². The number of nitrogens with two attached hydrogens (primary N) is 2. The van der Waals surface area contributed by atoms with Crippen LogP contribution in [0.3, 0.4) is 0 Å². The lowest BCUT2D eigenvalue weighted by Crippen LogP contribution is -2.35. The maximum absolute atomic E-state index is 10.9. The summed E-state index contributed by atoms with van der Waals surface area (Å²) >= 11 is 0. The first-order valence-electron chi connectivity index (χ1n) is 6.43. The van der Waals surface area contributed by atoms with Crippen molar-refractivity contribution in [2.24, 2.45) is 11.7 Å². The van der Waals surface area contributed by atoms with Crippen LogP contribution >= 0.6 is 0 Å². The molecule has 0 bridgehead atoms. The lowest BCUT2D eigenvalue weighted by molar-refractivity contribution is -0.119. The molecule has 0 aliphatic carbocycles. The number of nitrogens with zero attached hydrogens (tertiary/aromatic N) is 2. The second-order valence-corrected chi connectivity index (χ2v) is 4.99. The Morgan fingerprint density at radius 2 is 2.11 bits per heavy atom. The van der Waals surface area contributed by atoms with E-state index in [1.165, 1.54) is 0 Å². The molecule has 0 spiro atoms. The molecule has 1 aliphatic rings. The van der Waals surface area contributed by atoms with E-state index in [4.69, 9.17) is 16.7 Å². The Kier molecular flexibility index (Phi) is 3.91. The van der Waals surface area contributed by atoms with Crippen LogP contribution in [0.4, 0.5) is 11.4 Å². The Labute approximate surface area is 112 Å². The predicted molar refractivity (Wildman–Crippen MR) is 74.3 cm³/mol. The number of piperidine rings is 1. The van der Waals surface area contributed by atoms with Crippen LogP contribution in [0.25, 0.3) is 0 Å². The number of carbonyl (C=O) groups is 1. The fourth-order valence-electron chi connectivity index (χ4n) is 2.55. The summed E-state index contributed by atoms with van der Waals surface area (Å²) in [6.45, 7) is 1.69. The lowest BCUT2D eigenvalue weighted by atomic mass is 9.93. The number of hydrogen-bond acceptors (Lipinski definition) is 4.